The minimum absolute atomic E-state index is 0.294. The zero-order chi connectivity index (χ0) is 12.1. The molecule has 1 atom stereocenters. The van der Waals surface area contributed by atoms with Gasteiger partial charge in [-0.25, -0.2) is 0 Å². The molecule has 0 amide bonds. The summed E-state index contributed by atoms with van der Waals surface area (Å²) in [5.41, 5.74) is 2.36. The standard InChI is InChI=1S/C14H20N2O/c1-16(2)13-7-5-6-12(10-13)15-11-14-8-3-4-9-17-14/h4-7,9-10,14-15H,3,8,11H2,1-2H3. The summed E-state index contributed by atoms with van der Waals surface area (Å²) in [7, 11) is 4.10. The van der Waals surface area contributed by atoms with Crippen LogP contribution >= 0.6 is 0 Å². The summed E-state index contributed by atoms with van der Waals surface area (Å²) in [4.78, 5) is 2.10. The van der Waals surface area contributed by atoms with Gasteiger partial charge < -0.3 is 15.0 Å². The fourth-order valence-corrected chi connectivity index (χ4v) is 1.86. The van der Waals surface area contributed by atoms with Gasteiger partial charge in [0, 0.05) is 25.5 Å². The molecule has 0 aromatic heterocycles. The van der Waals surface area contributed by atoms with Crippen LogP contribution in [0.5, 0.6) is 0 Å². The van der Waals surface area contributed by atoms with Crippen LogP contribution in [0.15, 0.2) is 36.6 Å². The van der Waals surface area contributed by atoms with Gasteiger partial charge in [0.05, 0.1) is 12.8 Å². The second kappa shape index (κ2) is 5.62. The summed E-state index contributed by atoms with van der Waals surface area (Å²) in [6.45, 7) is 0.862. The highest BCUT2D eigenvalue weighted by Crippen LogP contribution is 2.18. The van der Waals surface area contributed by atoms with Gasteiger partial charge in [-0.1, -0.05) is 6.07 Å². The van der Waals surface area contributed by atoms with Gasteiger partial charge in [0.15, 0.2) is 0 Å². The van der Waals surface area contributed by atoms with Crippen molar-refractivity contribution in [3.05, 3.63) is 36.6 Å². The highest BCUT2D eigenvalue weighted by Gasteiger charge is 2.10. The molecule has 1 aliphatic heterocycles. The number of allylic oxidation sites excluding steroid dienone is 1. The van der Waals surface area contributed by atoms with Crippen LogP contribution < -0.4 is 10.2 Å². The Hall–Kier alpha value is -1.64. The SMILES string of the molecule is CN(C)c1cccc(NCC2CCC=CO2)c1. The molecule has 92 valence electrons. The Balaban J connectivity index is 1.90. The third kappa shape index (κ3) is 3.41. The summed E-state index contributed by atoms with van der Waals surface area (Å²) in [5, 5.41) is 3.42. The van der Waals surface area contributed by atoms with Crippen molar-refractivity contribution in [1.29, 1.82) is 0 Å². The maximum absolute atomic E-state index is 5.52. The van der Waals surface area contributed by atoms with Crippen molar-refractivity contribution in [2.24, 2.45) is 0 Å². The minimum Gasteiger partial charge on any atom is -0.497 e. The Bertz CT molecular complexity index is 388. The van der Waals surface area contributed by atoms with E-state index in [1.54, 1.807) is 0 Å². The van der Waals surface area contributed by atoms with Crippen LogP contribution in [-0.4, -0.2) is 26.7 Å². The average Bonchev–Trinajstić information content (AvgIpc) is 2.38. The second-order valence-electron chi connectivity index (χ2n) is 4.53. The number of anilines is 2. The van der Waals surface area contributed by atoms with E-state index in [-0.39, 0.29) is 0 Å². The molecular weight excluding hydrogens is 212 g/mol. The predicted octanol–water partition coefficient (Wildman–Crippen LogP) is 2.86. The summed E-state index contributed by atoms with van der Waals surface area (Å²) < 4.78 is 5.52. The van der Waals surface area contributed by atoms with E-state index in [9.17, 15) is 0 Å². The van der Waals surface area contributed by atoms with E-state index in [2.05, 4.69) is 40.6 Å². The van der Waals surface area contributed by atoms with Crippen LogP contribution in [0.1, 0.15) is 12.8 Å². The van der Waals surface area contributed by atoms with Gasteiger partial charge >= 0.3 is 0 Å². The Morgan fingerprint density at radius 2 is 2.29 bits per heavy atom. The maximum atomic E-state index is 5.52. The van der Waals surface area contributed by atoms with E-state index in [4.69, 9.17) is 4.74 Å². The number of hydrogen-bond acceptors (Lipinski definition) is 3. The van der Waals surface area contributed by atoms with Crippen LogP contribution in [-0.2, 0) is 4.74 Å². The summed E-state index contributed by atoms with van der Waals surface area (Å²) in [6, 6.07) is 8.41. The maximum Gasteiger partial charge on any atom is 0.115 e. The Morgan fingerprint density at radius 3 is 3.00 bits per heavy atom. The molecule has 1 unspecified atom stereocenters. The first kappa shape index (κ1) is 11.8. The lowest BCUT2D eigenvalue weighted by Crippen LogP contribution is -2.23. The van der Waals surface area contributed by atoms with Crippen molar-refractivity contribution in [2.45, 2.75) is 18.9 Å². The number of nitrogens with zero attached hydrogens (tertiary/aromatic N) is 1. The number of ether oxygens (including phenoxy) is 1. The summed E-state index contributed by atoms with van der Waals surface area (Å²) in [6.07, 6.45) is 6.39. The van der Waals surface area contributed by atoms with Gasteiger partial charge in [-0.2, -0.15) is 0 Å². The minimum atomic E-state index is 0.294. The van der Waals surface area contributed by atoms with Crippen LogP contribution in [0.25, 0.3) is 0 Å². The molecular formula is C14H20N2O. The van der Waals surface area contributed by atoms with E-state index in [0.29, 0.717) is 6.10 Å². The summed E-state index contributed by atoms with van der Waals surface area (Å²) in [5.74, 6) is 0. The Kier molecular flexibility index (Phi) is 3.91. The fraction of sp³-hybridized carbons (Fsp3) is 0.429. The lowest BCUT2D eigenvalue weighted by molar-refractivity contribution is 0.135. The molecule has 2 rings (SSSR count). The van der Waals surface area contributed by atoms with Gasteiger partial charge in [-0.05, 0) is 37.1 Å². The van der Waals surface area contributed by atoms with E-state index >= 15 is 0 Å². The Labute approximate surface area is 103 Å². The predicted molar refractivity (Wildman–Crippen MR) is 72.5 cm³/mol. The van der Waals surface area contributed by atoms with E-state index in [1.807, 2.05) is 20.4 Å². The normalized spacial score (nSPS) is 18.6. The van der Waals surface area contributed by atoms with Crippen molar-refractivity contribution >= 4 is 11.4 Å². The molecule has 0 saturated carbocycles. The first-order valence-electron chi connectivity index (χ1n) is 6.07. The van der Waals surface area contributed by atoms with E-state index in [1.165, 1.54) is 5.69 Å². The van der Waals surface area contributed by atoms with Crippen LogP contribution in [0.2, 0.25) is 0 Å². The zero-order valence-corrected chi connectivity index (χ0v) is 10.5. The molecule has 0 fully saturated rings. The zero-order valence-electron chi connectivity index (χ0n) is 10.5. The number of nitrogens with one attached hydrogen (secondary N) is 1. The van der Waals surface area contributed by atoms with Crippen LogP contribution in [0.3, 0.4) is 0 Å². The number of benzene rings is 1. The third-order valence-corrected chi connectivity index (χ3v) is 2.92. The van der Waals surface area contributed by atoms with Crippen molar-refractivity contribution in [2.75, 3.05) is 30.9 Å². The fourth-order valence-electron chi connectivity index (χ4n) is 1.86. The van der Waals surface area contributed by atoms with Crippen molar-refractivity contribution in [3.63, 3.8) is 0 Å². The average molecular weight is 232 g/mol. The van der Waals surface area contributed by atoms with Crippen LogP contribution in [0, 0.1) is 0 Å². The highest BCUT2D eigenvalue weighted by atomic mass is 16.5. The molecule has 17 heavy (non-hydrogen) atoms. The van der Waals surface area contributed by atoms with Gasteiger partial charge in [0.25, 0.3) is 0 Å². The Morgan fingerprint density at radius 1 is 1.41 bits per heavy atom. The topological polar surface area (TPSA) is 24.5 Å². The molecule has 3 heteroatoms. The van der Waals surface area contributed by atoms with Crippen molar-refractivity contribution < 1.29 is 4.74 Å². The number of rotatable bonds is 4. The molecule has 1 aromatic carbocycles. The molecule has 0 saturated heterocycles. The third-order valence-electron chi connectivity index (χ3n) is 2.92. The molecule has 3 nitrogen and oxygen atoms in total. The molecule has 0 aliphatic carbocycles. The van der Waals surface area contributed by atoms with Gasteiger partial charge in [0.2, 0.25) is 0 Å². The quantitative estimate of drug-likeness (QED) is 0.864. The molecule has 1 aliphatic rings. The van der Waals surface area contributed by atoms with E-state index < -0.39 is 0 Å². The van der Waals surface area contributed by atoms with Crippen molar-refractivity contribution in [3.8, 4) is 0 Å². The molecule has 0 radical (unpaired) electrons. The monoisotopic (exact) mass is 232 g/mol. The molecule has 0 spiro atoms. The highest BCUT2D eigenvalue weighted by molar-refractivity contribution is 5.57. The lowest BCUT2D eigenvalue weighted by Gasteiger charge is -2.21. The molecule has 0 bridgehead atoms. The van der Waals surface area contributed by atoms with Gasteiger partial charge in [-0.15, -0.1) is 0 Å². The molecule has 1 N–H and O–H groups in total. The number of hydrogen-bond donors (Lipinski definition) is 1. The van der Waals surface area contributed by atoms with E-state index in [0.717, 1.165) is 25.1 Å². The second-order valence-corrected chi connectivity index (χ2v) is 4.53. The molecule has 1 aromatic rings. The van der Waals surface area contributed by atoms with Gasteiger partial charge in [-0.3, -0.25) is 0 Å². The molecule has 1 heterocycles. The first-order valence-corrected chi connectivity index (χ1v) is 6.07. The van der Waals surface area contributed by atoms with Crippen LogP contribution in [0.4, 0.5) is 11.4 Å². The largest absolute Gasteiger partial charge is 0.497 e. The van der Waals surface area contributed by atoms with Crippen molar-refractivity contribution in [1.82, 2.24) is 0 Å². The lowest BCUT2D eigenvalue weighted by atomic mass is 10.1. The first-order chi connectivity index (χ1) is 8.25. The summed E-state index contributed by atoms with van der Waals surface area (Å²) >= 11 is 0. The van der Waals surface area contributed by atoms with Gasteiger partial charge in [0.1, 0.15) is 6.10 Å². The smallest absolute Gasteiger partial charge is 0.115 e.